The Hall–Kier alpha value is -4.85. The topological polar surface area (TPSA) is 248 Å². The predicted octanol–water partition coefficient (Wildman–Crippen LogP) is -0.107. The monoisotopic (exact) mass is 707 g/mol. The van der Waals surface area contributed by atoms with E-state index in [2.05, 4.69) is 49.7 Å². The summed E-state index contributed by atoms with van der Waals surface area (Å²) < 4.78 is 15.3. The van der Waals surface area contributed by atoms with Crippen LogP contribution in [-0.4, -0.2) is 105 Å². The number of carbonyl (C=O) groups is 2. The van der Waals surface area contributed by atoms with Gasteiger partial charge in [0.25, 0.3) is 17.4 Å². The summed E-state index contributed by atoms with van der Waals surface area (Å²) in [6, 6.07) is 8.74. The number of ether oxygens (including phenoxy) is 2. The number of hydrogen-bond acceptors (Lipinski definition) is 13. The minimum atomic E-state index is -1.08. The van der Waals surface area contributed by atoms with Crippen LogP contribution in [0.1, 0.15) is 55.6 Å². The number of aliphatic hydroxyl groups is 2. The van der Waals surface area contributed by atoms with E-state index in [1.807, 2.05) is 22.8 Å². The van der Waals surface area contributed by atoms with Crippen LogP contribution in [0, 0.1) is 12.8 Å². The Kier molecular flexibility index (Phi) is 9.90. The number of nitrogens with zero attached hydrogens (tertiary/aromatic N) is 5. The number of H-pyrrole nitrogens is 1. The number of aliphatic carboxylic acids is 1. The minimum absolute atomic E-state index is 0.149. The van der Waals surface area contributed by atoms with Crippen LogP contribution in [-0.2, 0) is 14.3 Å². The number of aromatic amines is 1. The number of rotatable bonds is 6. The molecular weight excluding hydrogens is 666 g/mol. The summed E-state index contributed by atoms with van der Waals surface area (Å²) in [4.78, 5) is 60.0. The van der Waals surface area contributed by atoms with Crippen molar-refractivity contribution in [3.63, 3.8) is 0 Å². The van der Waals surface area contributed by atoms with E-state index in [1.54, 1.807) is 25.4 Å². The fourth-order valence-corrected chi connectivity index (χ4v) is 7.13. The maximum atomic E-state index is 12.5. The van der Waals surface area contributed by atoms with Crippen molar-refractivity contribution in [2.24, 2.45) is 5.92 Å². The molecule has 7 N–H and O–H groups in total. The zero-order valence-electron chi connectivity index (χ0n) is 28.4. The standard InChI is InChI=1S/C20H22N6O2.C11H15N3O5.C2H4O2/c1-3-20-9-21-14(12(20)2)19(28-20)26-11-24-15-16(22-10-23-17(15)26)25-18(27)13-7-5-4-6-8-13;1-5-2-14(10(18)13-8(5)17)9-6-7(16)11(4-15,19-9)3-12-6;1-2(3)4/h4-8,10-12,14,19,21H,3,9H2,1-2H3,(H,22,23,25,27);2,6-7,9,12,15-16H,3-4H2,1H3,(H,13,17,18);1H3,(H,3,4)/t12-,14+,19+,20-;6-,7+,9-,11-;/m01./s1. The smallest absolute Gasteiger partial charge is 0.330 e. The number of carboxylic acid groups (broad SMARTS) is 1. The van der Waals surface area contributed by atoms with Crippen LogP contribution in [0.4, 0.5) is 5.82 Å². The lowest BCUT2D eigenvalue weighted by Gasteiger charge is -2.31. The number of benzene rings is 1. The second kappa shape index (κ2) is 14.0. The number of aromatic nitrogens is 6. The molecule has 18 heteroatoms. The quantitative estimate of drug-likeness (QED) is 0.138. The lowest BCUT2D eigenvalue weighted by molar-refractivity contribution is -0.134. The highest BCUT2D eigenvalue weighted by molar-refractivity contribution is 6.06. The number of imidazole rings is 1. The molecule has 0 radical (unpaired) electrons. The highest BCUT2D eigenvalue weighted by Gasteiger charge is 2.60. The van der Waals surface area contributed by atoms with Gasteiger partial charge in [-0.15, -0.1) is 0 Å². The Labute approximate surface area is 290 Å². The number of nitrogens with one attached hydrogen (secondary N) is 4. The van der Waals surface area contributed by atoms with Gasteiger partial charge in [-0.25, -0.2) is 19.7 Å². The molecule has 4 fully saturated rings. The fraction of sp³-hybridized carbons (Fsp3) is 0.485. The van der Waals surface area contributed by atoms with Crippen molar-refractivity contribution in [3.8, 4) is 0 Å². The molecule has 7 heterocycles. The fourth-order valence-electron chi connectivity index (χ4n) is 7.13. The molecule has 4 aliphatic heterocycles. The van der Waals surface area contributed by atoms with Gasteiger partial charge in [0.2, 0.25) is 0 Å². The average molecular weight is 708 g/mol. The van der Waals surface area contributed by atoms with E-state index in [1.165, 1.54) is 17.1 Å². The Morgan fingerprint density at radius 1 is 1.02 bits per heavy atom. The number of carboxylic acids is 1. The molecule has 0 unspecified atom stereocenters. The van der Waals surface area contributed by atoms with Crippen molar-refractivity contribution in [3.05, 3.63) is 81.1 Å². The summed E-state index contributed by atoms with van der Waals surface area (Å²) in [5.41, 5.74) is -0.147. The maximum absolute atomic E-state index is 12.5. The van der Waals surface area contributed by atoms with Gasteiger partial charge in [-0.2, -0.15) is 0 Å². The zero-order valence-corrected chi connectivity index (χ0v) is 28.4. The van der Waals surface area contributed by atoms with Crippen molar-refractivity contribution in [2.45, 2.75) is 76.0 Å². The van der Waals surface area contributed by atoms with E-state index < -0.39 is 41.2 Å². The van der Waals surface area contributed by atoms with E-state index in [0.29, 0.717) is 40.6 Å². The van der Waals surface area contributed by atoms with Gasteiger partial charge in [0.1, 0.15) is 18.0 Å². The van der Waals surface area contributed by atoms with E-state index in [4.69, 9.17) is 19.4 Å². The normalized spacial score (nSPS) is 30.0. The second-order valence-corrected chi connectivity index (χ2v) is 13.1. The summed E-state index contributed by atoms with van der Waals surface area (Å²) in [6.07, 6.45) is 3.68. The van der Waals surface area contributed by atoms with E-state index in [9.17, 15) is 24.6 Å². The first kappa shape index (κ1) is 36.0. The van der Waals surface area contributed by atoms with E-state index >= 15 is 0 Å². The van der Waals surface area contributed by atoms with Gasteiger partial charge in [-0.05, 0) is 25.5 Å². The van der Waals surface area contributed by atoms with Crippen LogP contribution in [0.5, 0.6) is 0 Å². The third-order valence-electron chi connectivity index (χ3n) is 10.0. The van der Waals surface area contributed by atoms with Gasteiger partial charge in [0.15, 0.2) is 29.4 Å². The molecule has 4 saturated heterocycles. The first-order valence-electron chi connectivity index (χ1n) is 16.5. The SMILES string of the molecule is CC(=O)O.CC[C@@]12CN[C@@H]([C@H](n3cnc4c(NC(=O)c5ccccc5)ncnc43)O1)[C@@H]2C.Cc1cn([C@@H]2O[C@@]3(CO)CN[C@@H]2[C@@H]3O)c(=O)[nH]c1=O. The molecule has 8 atom stereocenters. The molecule has 51 heavy (non-hydrogen) atoms. The summed E-state index contributed by atoms with van der Waals surface area (Å²) in [7, 11) is 0. The number of carbonyl (C=O) groups excluding carboxylic acids is 1. The van der Waals surface area contributed by atoms with Gasteiger partial charge in [0, 0.05) is 43.3 Å². The van der Waals surface area contributed by atoms with Crippen molar-refractivity contribution in [1.82, 2.24) is 39.7 Å². The molecule has 1 aromatic carbocycles. The lowest BCUT2D eigenvalue weighted by atomic mass is 9.88. The molecule has 4 bridgehead atoms. The number of aliphatic hydroxyl groups excluding tert-OH is 2. The third kappa shape index (κ3) is 6.45. The van der Waals surface area contributed by atoms with Crippen LogP contribution in [0.2, 0.25) is 0 Å². The number of amides is 1. The van der Waals surface area contributed by atoms with Gasteiger partial charge < -0.3 is 40.7 Å². The molecule has 8 rings (SSSR count). The van der Waals surface area contributed by atoms with Crippen LogP contribution >= 0.6 is 0 Å². The number of aryl methyl sites for hydroxylation is 1. The summed E-state index contributed by atoms with van der Waals surface area (Å²) >= 11 is 0. The zero-order chi connectivity index (χ0) is 36.7. The van der Waals surface area contributed by atoms with Crippen LogP contribution < -0.4 is 27.2 Å². The summed E-state index contributed by atoms with van der Waals surface area (Å²) in [5, 5.41) is 36.3. The molecule has 0 aliphatic carbocycles. The highest BCUT2D eigenvalue weighted by atomic mass is 16.6. The maximum Gasteiger partial charge on any atom is 0.330 e. The Morgan fingerprint density at radius 2 is 1.67 bits per heavy atom. The van der Waals surface area contributed by atoms with Gasteiger partial charge in [0.05, 0.1) is 30.6 Å². The molecule has 4 aromatic rings. The van der Waals surface area contributed by atoms with Crippen molar-refractivity contribution in [1.29, 1.82) is 0 Å². The van der Waals surface area contributed by atoms with Gasteiger partial charge in [-0.3, -0.25) is 28.5 Å². The Bertz CT molecular complexity index is 2030. The van der Waals surface area contributed by atoms with Crippen molar-refractivity contribution in [2.75, 3.05) is 25.0 Å². The van der Waals surface area contributed by atoms with E-state index in [-0.39, 0.29) is 30.4 Å². The van der Waals surface area contributed by atoms with Crippen LogP contribution in [0.25, 0.3) is 11.2 Å². The Balaban J connectivity index is 0.000000169. The van der Waals surface area contributed by atoms with Crippen molar-refractivity contribution >= 4 is 28.9 Å². The summed E-state index contributed by atoms with van der Waals surface area (Å²) in [5.74, 6) is -0.266. The minimum Gasteiger partial charge on any atom is -0.481 e. The molecule has 0 spiro atoms. The predicted molar refractivity (Wildman–Crippen MR) is 181 cm³/mol. The van der Waals surface area contributed by atoms with Gasteiger partial charge >= 0.3 is 5.69 Å². The number of anilines is 1. The molecule has 0 saturated carbocycles. The molecule has 1 amide bonds. The van der Waals surface area contributed by atoms with Crippen molar-refractivity contribution < 1.29 is 34.4 Å². The summed E-state index contributed by atoms with van der Waals surface area (Å²) in [6.45, 7) is 7.90. The third-order valence-corrected chi connectivity index (χ3v) is 10.0. The van der Waals surface area contributed by atoms with Crippen LogP contribution in [0.3, 0.4) is 0 Å². The second-order valence-electron chi connectivity index (χ2n) is 13.1. The molecule has 3 aromatic heterocycles. The first-order chi connectivity index (χ1) is 24.3. The molecule has 4 aliphatic rings. The highest BCUT2D eigenvalue weighted by Crippen LogP contribution is 2.48. The van der Waals surface area contributed by atoms with Crippen LogP contribution in [0.15, 0.2) is 58.8 Å². The molecule has 272 valence electrons. The molecule has 18 nitrogen and oxygen atoms in total. The number of hydrogen-bond donors (Lipinski definition) is 7. The van der Waals surface area contributed by atoms with E-state index in [0.717, 1.165) is 19.9 Å². The Morgan fingerprint density at radius 3 is 2.31 bits per heavy atom. The lowest BCUT2D eigenvalue weighted by Crippen LogP contribution is -2.48. The van der Waals surface area contributed by atoms with Gasteiger partial charge in [-0.1, -0.05) is 32.0 Å². The molecular formula is C33H41N9O9. The number of morpholine rings is 2. The first-order valence-corrected chi connectivity index (χ1v) is 16.5. The average Bonchev–Trinajstić information content (AvgIpc) is 3.91. The largest absolute Gasteiger partial charge is 0.481 e. The number of fused-ring (bicyclic) bond motifs is 5.